The van der Waals surface area contributed by atoms with Crippen LogP contribution >= 0.6 is 11.6 Å². The van der Waals surface area contributed by atoms with Crippen molar-refractivity contribution in [3.63, 3.8) is 0 Å². The van der Waals surface area contributed by atoms with Crippen LogP contribution in [-0.2, 0) is 12.6 Å². The lowest BCUT2D eigenvalue weighted by Crippen LogP contribution is -2.44. The number of halogens is 4. The van der Waals surface area contributed by atoms with E-state index in [2.05, 4.69) is 21.8 Å². The lowest BCUT2D eigenvalue weighted by molar-refractivity contribution is -0.137. The normalized spacial score (nSPS) is 16.3. The highest BCUT2D eigenvalue weighted by Crippen LogP contribution is 2.34. The third kappa shape index (κ3) is 5.83. The van der Waals surface area contributed by atoms with Crippen molar-refractivity contribution in [2.24, 2.45) is 0 Å². The molecule has 3 rings (SSSR count). The number of rotatable bonds is 6. The standard InChI is InChI=1S/C20H23ClF3N3O/c1-26-9-11-27(12-10-26)8-2-3-15-4-6-17(7-5-15)28-19-18(21)13-16(14-25-19)20(22,23)24/h4-7,13-14H,2-3,8-12H2,1H3. The lowest BCUT2D eigenvalue weighted by Gasteiger charge is -2.32. The first kappa shape index (κ1) is 20.9. The van der Waals surface area contributed by atoms with E-state index in [9.17, 15) is 13.2 Å². The van der Waals surface area contributed by atoms with Gasteiger partial charge in [-0.25, -0.2) is 4.98 Å². The number of piperazine rings is 1. The van der Waals surface area contributed by atoms with Gasteiger partial charge in [-0.15, -0.1) is 0 Å². The first-order chi connectivity index (χ1) is 13.3. The molecule has 1 aliphatic rings. The number of pyridine rings is 1. The summed E-state index contributed by atoms with van der Waals surface area (Å²) in [6, 6.07) is 8.28. The Morgan fingerprint density at radius 3 is 2.39 bits per heavy atom. The van der Waals surface area contributed by atoms with Crippen molar-refractivity contribution >= 4 is 11.6 Å². The Kier molecular flexibility index (Phi) is 6.80. The molecule has 2 aromatic rings. The molecule has 0 saturated carbocycles. The lowest BCUT2D eigenvalue weighted by atomic mass is 10.1. The topological polar surface area (TPSA) is 28.6 Å². The van der Waals surface area contributed by atoms with E-state index < -0.39 is 11.7 Å². The average Bonchev–Trinajstić information content (AvgIpc) is 2.65. The summed E-state index contributed by atoms with van der Waals surface area (Å²) >= 11 is 5.87. The van der Waals surface area contributed by atoms with Gasteiger partial charge in [-0.3, -0.25) is 0 Å². The van der Waals surface area contributed by atoms with E-state index in [-0.39, 0.29) is 10.9 Å². The zero-order valence-corrected chi connectivity index (χ0v) is 16.4. The zero-order valence-electron chi connectivity index (χ0n) is 15.7. The fraction of sp³-hybridized carbons (Fsp3) is 0.450. The summed E-state index contributed by atoms with van der Waals surface area (Å²) in [6.07, 6.45) is -1.73. The Balaban J connectivity index is 1.50. The SMILES string of the molecule is CN1CCN(CCCc2ccc(Oc3ncc(C(F)(F)F)cc3Cl)cc2)CC1. The Bertz CT molecular complexity index is 775. The largest absolute Gasteiger partial charge is 0.438 e. The van der Waals surface area contributed by atoms with Crippen LogP contribution in [-0.4, -0.2) is 54.6 Å². The maximum Gasteiger partial charge on any atom is 0.417 e. The minimum atomic E-state index is -4.49. The number of likely N-dealkylation sites (N-methyl/N-ethyl adjacent to an activating group) is 1. The molecule has 1 aromatic carbocycles. The highest BCUT2D eigenvalue weighted by atomic mass is 35.5. The fourth-order valence-electron chi connectivity index (χ4n) is 3.07. The van der Waals surface area contributed by atoms with E-state index in [0.29, 0.717) is 11.9 Å². The Morgan fingerprint density at radius 2 is 1.79 bits per heavy atom. The monoisotopic (exact) mass is 413 g/mol. The third-order valence-electron chi connectivity index (χ3n) is 4.81. The minimum Gasteiger partial charge on any atom is -0.438 e. The van der Waals surface area contributed by atoms with Crippen LogP contribution in [0.1, 0.15) is 17.5 Å². The summed E-state index contributed by atoms with van der Waals surface area (Å²) < 4.78 is 43.5. The summed E-state index contributed by atoms with van der Waals surface area (Å²) in [5.41, 5.74) is 0.286. The van der Waals surface area contributed by atoms with Crippen LogP contribution in [0.2, 0.25) is 5.02 Å². The second-order valence-electron chi connectivity index (χ2n) is 7.00. The van der Waals surface area contributed by atoms with Gasteiger partial charge in [-0.1, -0.05) is 23.7 Å². The second-order valence-corrected chi connectivity index (χ2v) is 7.41. The predicted octanol–water partition coefficient (Wildman–Crippen LogP) is 4.73. The van der Waals surface area contributed by atoms with Crippen LogP contribution in [0.15, 0.2) is 36.5 Å². The van der Waals surface area contributed by atoms with E-state index >= 15 is 0 Å². The number of alkyl halides is 3. The molecule has 0 radical (unpaired) electrons. The molecular formula is C20H23ClF3N3O. The first-order valence-corrected chi connectivity index (χ1v) is 9.59. The molecule has 0 spiro atoms. The second kappa shape index (κ2) is 9.11. The van der Waals surface area contributed by atoms with Crippen molar-refractivity contribution in [3.05, 3.63) is 52.7 Å². The minimum absolute atomic E-state index is 0.0440. The quantitative estimate of drug-likeness (QED) is 0.684. The van der Waals surface area contributed by atoms with Crippen LogP contribution in [0.3, 0.4) is 0 Å². The number of aryl methyl sites for hydroxylation is 1. The molecule has 0 N–H and O–H groups in total. The molecule has 0 aliphatic carbocycles. The molecule has 0 unspecified atom stereocenters. The van der Waals surface area contributed by atoms with Gasteiger partial charge in [0.2, 0.25) is 5.88 Å². The number of hydrogen-bond acceptors (Lipinski definition) is 4. The molecule has 0 amide bonds. The van der Waals surface area contributed by atoms with Crippen molar-refractivity contribution in [3.8, 4) is 11.6 Å². The predicted molar refractivity (Wildman–Crippen MR) is 103 cm³/mol. The molecule has 1 aliphatic heterocycles. The molecule has 0 atom stereocenters. The van der Waals surface area contributed by atoms with E-state index in [1.54, 1.807) is 12.1 Å². The van der Waals surface area contributed by atoms with Crippen molar-refractivity contribution in [1.29, 1.82) is 0 Å². The van der Waals surface area contributed by atoms with Crippen LogP contribution in [0.5, 0.6) is 11.6 Å². The van der Waals surface area contributed by atoms with Crippen molar-refractivity contribution in [2.75, 3.05) is 39.8 Å². The van der Waals surface area contributed by atoms with Gasteiger partial charge in [0.15, 0.2) is 0 Å². The average molecular weight is 414 g/mol. The van der Waals surface area contributed by atoms with E-state index in [1.807, 2.05) is 12.1 Å². The zero-order chi connectivity index (χ0) is 20.1. The van der Waals surface area contributed by atoms with Gasteiger partial charge in [-0.05, 0) is 50.2 Å². The van der Waals surface area contributed by atoms with Crippen LogP contribution < -0.4 is 4.74 Å². The maximum absolute atomic E-state index is 12.7. The van der Waals surface area contributed by atoms with Gasteiger partial charge in [0.25, 0.3) is 0 Å². The molecule has 8 heteroatoms. The summed E-state index contributed by atoms with van der Waals surface area (Å²) in [7, 11) is 2.15. The summed E-state index contributed by atoms with van der Waals surface area (Å²) in [4.78, 5) is 8.51. The molecule has 0 bridgehead atoms. The van der Waals surface area contributed by atoms with Crippen molar-refractivity contribution in [2.45, 2.75) is 19.0 Å². The van der Waals surface area contributed by atoms with E-state index in [0.717, 1.165) is 51.6 Å². The molecular weight excluding hydrogens is 391 g/mol. The van der Waals surface area contributed by atoms with Gasteiger partial charge in [0, 0.05) is 32.4 Å². The first-order valence-electron chi connectivity index (χ1n) is 9.22. The van der Waals surface area contributed by atoms with Gasteiger partial charge < -0.3 is 14.5 Å². The van der Waals surface area contributed by atoms with Crippen LogP contribution in [0.25, 0.3) is 0 Å². The number of aromatic nitrogens is 1. The third-order valence-corrected chi connectivity index (χ3v) is 5.08. The summed E-state index contributed by atoms with van der Waals surface area (Å²) in [5.74, 6) is 0.439. The molecule has 1 saturated heterocycles. The number of ether oxygens (including phenoxy) is 1. The summed E-state index contributed by atoms with van der Waals surface area (Å²) in [6.45, 7) is 5.55. The Hall–Kier alpha value is -1.83. The van der Waals surface area contributed by atoms with Crippen LogP contribution in [0, 0.1) is 0 Å². The van der Waals surface area contributed by atoms with Gasteiger partial charge in [-0.2, -0.15) is 13.2 Å². The fourth-order valence-corrected chi connectivity index (χ4v) is 3.27. The van der Waals surface area contributed by atoms with Gasteiger partial charge in [0.05, 0.1) is 5.56 Å². The molecule has 28 heavy (non-hydrogen) atoms. The summed E-state index contributed by atoms with van der Waals surface area (Å²) in [5, 5.41) is -0.175. The van der Waals surface area contributed by atoms with Gasteiger partial charge in [0.1, 0.15) is 10.8 Å². The van der Waals surface area contributed by atoms with E-state index in [4.69, 9.17) is 16.3 Å². The maximum atomic E-state index is 12.7. The van der Waals surface area contributed by atoms with Crippen molar-refractivity contribution in [1.82, 2.24) is 14.8 Å². The van der Waals surface area contributed by atoms with Gasteiger partial charge >= 0.3 is 6.18 Å². The number of benzene rings is 1. The molecule has 152 valence electrons. The molecule has 1 aromatic heterocycles. The van der Waals surface area contributed by atoms with Crippen molar-refractivity contribution < 1.29 is 17.9 Å². The van der Waals surface area contributed by atoms with Crippen LogP contribution in [0.4, 0.5) is 13.2 Å². The highest BCUT2D eigenvalue weighted by Gasteiger charge is 2.31. The molecule has 2 heterocycles. The Labute approximate surface area is 167 Å². The molecule has 4 nitrogen and oxygen atoms in total. The Morgan fingerprint density at radius 1 is 1.11 bits per heavy atom. The molecule has 1 fully saturated rings. The number of hydrogen-bond donors (Lipinski definition) is 0. The number of nitrogens with zero attached hydrogens (tertiary/aromatic N) is 3. The highest BCUT2D eigenvalue weighted by molar-refractivity contribution is 6.31. The van der Waals surface area contributed by atoms with E-state index in [1.165, 1.54) is 5.56 Å². The smallest absolute Gasteiger partial charge is 0.417 e.